The molecule has 3 aromatic carbocycles. The van der Waals surface area contributed by atoms with Crippen LogP contribution in [-0.2, 0) is 16.1 Å². The number of benzene rings is 3. The Balaban J connectivity index is 1.57. The molecule has 1 aromatic heterocycles. The van der Waals surface area contributed by atoms with E-state index >= 15 is 0 Å². The Morgan fingerprint density at radius 3 is 2.68 bits per heavy atom. The van der Waals surface area contributed by atoms with E-state index in [1.54, 1.807) is 49.6 Å². The van der Waals surface area contributed by atoms with Gasteiger partial charge in [-0.15, -0.1) is 0 Å². The maximum Gasteiger partial charge on any atom is 0.225 e. The van der Waals surface area contributed by atoms with Gasteiger partial charge in [-0.2, -0.15) is 0 Å². The fourth-order valence-electron chi connectivity index (χ4n) is 3.60. The molecule has 0 spiro atoms. The summed E-state index contributed by atoms with van der Waals surface area (Å²) in [7, 11) is 1.58. The Morgan fingerprint density at radius 1 is 1.05 bits per heavy atom. The third kappa shape index (κ3) is 7.06. The van der Waals surface area contributed by atoms with Gasteiger partial charge in [0.25, 0.3) is 0 Å². The van der Waals surface area contributed by atoms with Gasteiger partial charge in [-0.3, -0.25) is 4.79 Å². The van der Waals surface area contributed by atoms with Gasteiger partial charge < -0.3 is 30.6 Å². The zero-order valence-electron chi connectivity index (χ0n) is 20.7. The minimum Gasteiger partial charge on any atom is -0.489 e. The van der Waals surface area contributed by atoms with Crippen molar-refractivity contribution in [2.75, 3.05) is 37.5 Å². The van der Waals surface area contributed by atoms with Crippen LogP contribution < -0.4 is 25.8 Å². The molecular weight excluding hydrogens is 513 g/mol. The number of nitrogens with one attached hydrogen (secondary N) is 2. The first-order valence-corrected chi connectivity index (χ1v) is 12.2. The lowest BCUT2D eigenvalue weighted by Crippen LogP contribution is -2.17. The van der Waals surface area contributed by atoms with Crippen LogP contribution in [0.1, 0.15) is 12.0 Å². The van der Waals surface area contributed by atoms with E-state index in [1.807, 2.05) is 0 Å². The highest BCUT2D eigenvalue weighted by molar-refractivity contribution is 6.32. The molecule has 0 atom stereocenters. The molecule has 4 rings (SSSR count). The van der Waals surface area contributed by atoms with Gasteiger partial charge in [0.15, 0.2) is 0 Å². The number of anilines is 3. The van der Waals surface area contributed by atoms with E-state index in [0.717, 1.165) is 0 Å². The van der Waals surface area contributed by atoms with E-state index < -0.39 is 0 Å². The zero-order valence-corrected chi connectivity index (χ0v) is 21.4. The first-order valence-electron chi connectivity index (χ1n) is 11.8. The molecule has 4 N–H and O–H groups in total. The molecule has 0 radical (unpaired) electrons. The molecule has 4 aromatic rings. The van der Waals surface area contributed by atoms with Gasteiger partial charge in [-0.05, 0) is 42.0 Å². The number of carbonyl (C=O) groups excluding carboxylic acids is 1. The van der Waals surface area contributed by atoms with Crippen LogP contribution in [0.3, 0.4) is 0 Å². The summed E-state index contributed by atoms with van der Waals surface area (Å²) in [5, 5.41) is 7.10. The molecule has 11 heteroatoms. The summed E-state index contributed by atoms with van der Waals surface area (Å²) < 4.78 is 30.0. The molecule has 9 nitrogen and oxygen atoms in total. The number of amides is 1. The topological polar surface area (TPSA) is 121 Å². The highest BCUT2D eigenvalue weighted by Crippen LogP contribution is 2.35. The van der Waals surface area contributed by atoms with Gasteiger partial charge in [0.2, 0.25) is 5.91 Å². The number of fused-ring (bicyclic) bond motifs is 1. The fraction of sp³-hybridized carbons (Fsp3) is 0.222. The van der Waals surface area contributed by atoms with Crippen molar-refractivity contribution in [3.8, 4) is 11.5 Å². The Kier molecular flexibility index (Phi) is 9.26. The zero-order chi connectivity index (χ0) is 26.9. The van der Waals surface area contributed by atoms with Gasteiger partial charge in [0, 0.05) is 37.2 Å². The van der Waals surface area contributed by atoms with Gasteiger partial charge >= 0.3 is 0 Å². The van der Waals surface area contributed by atoms with Gasteiger partial charge in [-0.25, -0.2) is 14.4 Å². The van der Waals surface area contributed by atoms with Crippen LogP contribution in [0.5, 0.6) is 11.5 Å². The van der Waals surface area contributed by atoms with Crippen molar-refractivity contribution in [3.63, 3.8) is 0 Å². The summed E-state index contributed by atoms with van der Waals surface area (Å²) >= 11 is 6.45. The third-order valence-corrected chi connectivity index (χ3v) is 5.70. The molecule has 1 heterocycles. The Morgan fingerprint density at radius 2 is 1.92 bits per heavy atom. The van der Waals surface area contributed by atoms with Gasteiger partial charge in [0.1, 0.15) is 42.7 Å². The van der Waals surface area contributed by atoms with Crippen molar-refractivity contribution in [2.24, 2.45) is 5.73 Å². The first kappa shape index (κ1) is 27.1. The molecule has 0 bridgehead atoms. The number of nitrogens with two attached hydrogens (primary N) is 1. The minimum atomic E-state index is -0.329. The number of aromatic nitrogens is 2. The van der Waals surface area contributed by atoms with Crippen LogP contribution in [0.4, 0.5) is 21.6 Å². The number of hydrogen-bond donors (Lipinski definition) is 3. The summed E-state index contributed by atoms with van der Waals surface area (Å²) in [5.74, 6) is 0.835. The van der Waals surface area contributed by atoms with E-state index in [0.29, 0.717) is 63.4 Å². The monoisotopic (exact) mass is 539 g/mol. The fourth-order valence-corrected chi connectivity index (χ4v) is 3.83. The van der Waals surface area contributed by atoms with Crippen LogP contribution >= 0.6 is 11.6 Å². The SMILES string of the molecule is COCCOc1cc2ncnc(Nc3ccc(OCc4cccc(F)c4)c(Cl)c3)c2cc1NC(=O)CCN. The molecule has 38 heavy (non-hydrogen) atoms. The molecule has 0 saturated carbocycles. The highest BCUT2D eigenvalue weighted by atomic mass is 35.5. The number of methoxy groups -OCH3 is 1. The van der Waals surface area contributed by atoms with E-state index in [-0.39, 0.29) is 31.3 Å². The average molecular weight is 540 g/mol. The predicted molar refractivity (Wildman–Crippen MR) is 145 cm³/mol. The number of hydrogen-bond acceptors (Lipinski definition) is 8. The maximum atomic E-state index is 13.4. The van der Waals surface area contributed by atoms with Crippen molar-refractivity contribution in [1.82, 2.24) is 9.97 Å². The Hall–Kier alpha value is -3.99. The summed E-state index contributed by atoms with van der Waals surface area (Å²) in [6.45, 7) is 1.07. The van der Waals surface area contributed by atoms with Gasteiger partial charge in [0.05, 0.1) is 22.8 Å². The van der Waals surface area contributed by atoms with Crippen LogP contribution in [0.15, 0.2) is 60.9 Å². The van der Waals surface area contributed by atoms with Crippen molar-refractivity contribution < 1.29 is 23.4 Å². The summed E-state index contributed by atoms with van der Waals surface area (Å²) in [4.78, 5) is 21.0. The summed E-state index contributed by atoms with van der Waals surface area (Å²) in [6, 6.07) is 14.8. The molecule has 0 aliphatic heterocycles. The van der Waals surface area contributed by atoms with Crippen LogP contribution in [0.25, 0.3) is 10.9 Å². The molecule has 0 unspecified atom stereocenters. The smallest absolute Gasteiger partial charge is 0.225 e. The minimum absolute atomic E-state index is 0.165. The average Bonchev–Trinajstić information content (AvgIpc) is 2.89. The second kappa shape index (κ2) is 13.0. The van der Waals surface area contributed by atoms with Gasteiger partial charge in [-0.1, -0.05) is 23.7 Å². The van der Waals surface area contributed by atoms with Crippen molar-refractivity contribution in [2.45, 2.75) is 13.0 Å². The second-order valence-corrected chi connectivity index (χ2v) is 8.61. The Bertz CT molecular complexity index is 1420. The second-order valence-electron chi connectivity index (χ2n) is 8.20. The van der Waals surface area contributed by atoms with E-state index in [2.05, 4.69) is 20.6 Å². The lowest BCUT2D eigenvalue weighted by molar-refractivity contribution is -0.116. The number of rotatable bonds is 12. The van der Waals surface area contributed by atoms with E-state index in [1.165, 1.54) is 18.5 Å². The van der Waals surface area contributed by atoms with Crippen LogP contribution in [0.2, 0.25) is 5.02 Å². The summed E-state index contributed by atoms with van der Waals surface area (Å²) in [6.07, 6.45) is 1.59. The van der Waals surface area contributed by atoms with Crippen LogP contribution in [0, 0.1) is 5.82 Å². The summed E-state index contributed by atoms with van der Waals surface area (Å²) in [5.41, 5.74) is 7.94. The Labute approximate surface area is 224 Å². The van der Waals surface area contributed by atoms with Crippen molar-refractivity contribution in [1.29, 1.82) is 0 Å². The molecule has 198 valence electrons. The lowest BCUT2D eigenvalue weighted by Gasteiger charge is -2.15. The number of ether oxygens (including phenoxy) is 3. The van der Waals surface area contributed by atoms with E-state index in [9.17, 15) is 9.18 Å². The molecule has 0 saturated heterocycles. The number of halogens is 2. The molecule has 0 fully saturated rings. The van der Waals surface area contributed by atoms with Crippen molar-refractivity contribution >= 4 is 45.6 Å². The normalized spacial score (nSPS) is 10.8. The molecular formula is C27H27ClFN5O4. The maximum absolute atomic E-state index is 13.4. The first-order chi connectivity index (χ1) is 18.5. The number of nitrogens with zero attached hydrogens (tertiary/aromatic N) is 2. The van der Waals surface area contributed by atoms with E-state index in [4.69, 9.17) is 31.5 Å². The quantitative estimate of drug-likeness (QED) is 0.214. The predicted octanol–water partition coefficient (Wildman–Crippen LogP) is 5.06. The molecule has 1 amide bonds. The highest BCUT2D eigenvalue weighted by Gasteiger charge is 2.14. The standard InChI is InChI=1S/C27H27ClFN5O4/c1-36-9-10-37-25-14-22-20(13-23(25)34-26(35)7-8-30)27(32-16-31-22)33-19-5-6-24(21(28)12-19)38-15-17-3-2-4-18(29)11-17/h2-6,11-14,16H,7-10,15,30H2,1H3,(H,34,35)(H,31,32,33). The van der Waals surface area contributed by atoms with Crippen molar-refractivity contribution in [3.05, 3.63) is 77.3 Å². The molecule has 0 aliphatic carbocycles. The van der Waals surface area contributed by atoms with Crippen LogP contribution in [-0.4, -0.2) is 42.7 Å². The molecule has 0 aliphatic rings. The lowest BCUT2D eigenvalue weighted by atomic mass is 10.1. The largest absolute Gasteiger partial charge is 0.489 e. The number of carbonyl (C=O) groups is 1. The third-order valence-electron chi connectivity index (χ3n) is 5.41.